The average Bonchev–Trinajstić information content (AvgIpc) is 3.37. The highest BCUT2D eigenvalue weighted by molar-refractivity contribution is 6.08. The molecule has 0 aliphatic heterocycles. The number of para-hydroxylation sites is 2. The lowest BCUT2D eigenvalue weighted by Gasteiger charge is -2.28. The van der Waals surface area contributed by atoms with Gasteiger partial charge in [-0.05, 0) is 63.1 Å². The van der Waals surface area contributed by atoms with E-state index in [1.54, 1.807) is 12.1 Å². The van der Waals surface area contributed by atoms with Crippen molar-refractivity contribution in [3.8, 4) is 0 Å². The van der Waals surface area contributed by atoms with Gasteiger partial charge in [0.25, 0.3) is 0 Å². The van der Waals surface area contributed by atoms with Crippen molar-refractivity contribution < 1.29 is 14.6 Å². The highest BCUT2D eigenvalue weighted by Crippen LogP contribution is 2.36. The fourth-order valence-electron chi connectivity index (χ4n) is 4.48. The number of H-pyrrole nitrogens is 1. The number of imidazole rings is 1. The summed E-state index contributed by atoms with van der Waals surface area (Å²) in [7, 11) is 0. The molecule has 0 fully saturated rings. The molecule has 2 N–H and O–H groups in total. The van der Waals surface area contributed by atoms with Gasteiger partial charge in [0.2, 0.25) is 0 Å². The molecule has 0 unspecified atom stereocenters. The van der Waals surface area contributed by atoms with E-state index in [0.717, 1.165) is 48.2 Å². The van der Waals surface area contributed by atoms with Gasteiger partial charge in [-0.1, -0.05) is 55.8 Å². The molecule has 4 rings (SSSR count). The molecule has 0 spiro atoms. The highest BCUT2D eigenvalue weighted by atomic mass is 16.6. The van der Waals surface area contributed by atoms with E-state index in [2.05, 4.69) is 29.8 Å². The van der Waals surface area contributed by atoms with E-state index in [0.29, 0.717) is 17.1 Å². The molecule has 3 aromatic carbocycles. The summed E-state index contributed by atoms with van der Waals surface area (Å²) >= 11 is 0. The van der Waals surface area contributed by atoms with Crippen molar-refractivity contribution >= 4 is 40.0 Å². The number of hydrogen-bond donors (Lipinski definition) is 2. The maximum absolute atomic E-state index is 13.8. The number of aromatic nitrogens is 2. The van der Waals surface area contributed by atoms with E-state index in [1.807, 2.05) is 68.4 Å². The summed E-state index contributed by atoms with van der Waals surface area (Å²) in [6, 6.07) is 22.8. The molecule has 0 bridgehead atoms. The van der Waals surface area contributed by atoms with Crippen molar-refractivity contribution in [1.82, 2.24) is 9.97 Å². The molecule has 0 saturated heterocycles. The number of aromatic amines is 1. The number of nitrogens with one attached hydrogen (secondary N) is 1. The smallest absolute Gasteiger partial charge is 0.419 e. The fourth-order valence-corrected chi connectivity index (χ4v) is 4.48. The minimum Gasteiger partial charge on any atom is -0.505 e. The number of hydrogen-bond acceptors (Lipinski definition) is 5. The Morgan fingerprint density at radius 3 is 2.34 bits per heavy atom. The highest BCUT2D eigenvalue weighted by Gasteiger charge is 2.30. The van der Waals surface area contributed by atoms with Crippen LogP contribution in [0.5, 0.6) is 0 Å². The third kappa shape index (κ3) is 5.67. The summed E-state index contributed by atoms with van der Waals surface area (Å²) in [5, 5.41) is 11.7. The Hall–Kier alpha value is -4.26. The van der Waals surface area contributed by atoms with Gasteiger partial charge in [-0.2, -0.15) is 0 Å². The van der Waals surface area contributed by atoms with Gasteiger partial charge in [0.05, 0.1) is 23.3 Å². The molecule has 7 nitrogen and oxygen atoms in total. The Bertz CT molecular complexity index is 1370. The van der Waals surface area contributed by atoms with Gasteiger partial charge in [0, 0.05) is 24.3 Å². The SMILES string of the molecule is CCCCOC(=O)N(/C(=C(/O)c1ccccc1)c1nc2ccccc2[nH]1)c1ccc(N(CC)CC)cc1C. The maximum Gasteiger partial charge on any atom is 0.419 e. The number of carbonyl (C=O) groups is 1. The molecule has 7 heteroatoms. The molecular weight excluding hydrogens is 476 g/mol. The third-order valence-corrected chi connectivity index (χ3v) is 6.56. The summed E-state index contributed by atoms with van der Waals surface area (Å²) in [6.07, 6.45) is 1.07. The molecule has 4 aromatic rings. The largest absolute Gasteiger partial charge is 0.505 e. The van der Waals surface area contributed by atoms with Crippen molar-refractivity contribution in [2.24, 2.45) is 0 Å². The first-order valence-electron chi connectivity index (χ1n) is 13.2. The Morgan fingerprint density at radius 2 is 1.68 bits per heavy atom. The fraction of sp³-hybridized carbons (Fsp3) is 0.290. The van der Waals surface area contributed by atoms with Crippen molar-refractivity contribution in [3.05, 3.63) is 89.7 Å². The first-order valence-corrected chi connectivity index (χ1v) is 13.2. The lowest BCUT2D eigenvalue weighted by atomic mass is 10.1. The second-order valence-corrected chi connectivity index (χ2v) is 9.11. The zero-order chi connectivity index (χ0) is 27.1. The number of amides is 1. The van der Waals surface area contributed by atoms with Crippen molar-refractivity contribution in [1.29, 1.82) is 0 Å². The first-order chi connectivity index (χ1) is 18.5. The number of ether oxygens (including phenoxy) is 1. The number of carbonyl (C=O) groups excluding carboxylic acids is 1. The topological polar surface area (TPSA) is 81.7 Å². The molecule has 1 amide bonds. The van der Waals surface area contributed by atoms with E-state index in [1.165, 1.54) is 4.90 Å². The second-order valence-electron chi connectivity index (χ2n) is 9.11. The van der Waals surface area contributed by atoms with E-state index < -0.39 is 6.09 Å². The number of aliphatic hydroxyl groups is 1. The monoisotopic (exact) mass is 512 g/mol. The summed E-state index contributed by atoms with van der Waals surface area (Å²) in [5.74, 6) is 0.288. The molecule has 1 aromatic heterocycles. The Morgan fingerprint density at radius 1 is 0.974 bits per heavy atom. The van der Waals surface area contributed by atoms with Gasteiger partial charge in [-0.25, -0.2) is 14.7 Å². The molecular formula is C31H36N4O3. The summed E-state index contributed by atoms with van der Waals surface area (Å²) in [6.45, 7) is 10.3. The molecule has 0 radical (unpaired) electrons. The van der Waals surface area contributed by atoms with Crippen LogP contribution in [-0.4, -0.2) is 40.9 Å². The van der Waals surface area contributed by atoms with Gasteiger partial charge in [0.15, 0.2) is 11.6 Å². The zero-order valence-corrected chi connectivity index (χ0v) is 22.6. The number of rotatable bonds is 10. The average molecular weight is 513 g/mol. The van der Waals surface area contributed by atoms with Gasteiger partial charge in [0.1, 0.15) is 5.70 Å². The van der Waals surface area contributed by atoms with Crippen LogP contribution >= 0.6 is 0 Å². The van der Waals surface area contributed by atoms with E-state index in [4.69, 9.17) is 9.72 Å². The van der Waals surface area contributed by atoms with Crippen LogP contribution in [0.25, 0.3) is 22.5 Å². The predicted molar refractivity (Wildman–Crippen MR) is 155 cm³/mol. The lowest BCUT2D eigenvalue weighted by Crippen LogP contribution is -2.32. The quantitative estimate of drug-likeness (QED) is 0.169. The molecule has 38 heavy (non-hydrogen) atoms. The number of anilines is 2. The van der Waals surface area contributed by atoms with Crippen LogP contribution in [0.3, 0.4) is 0 Å². The molecule has 198 valence electrons. The van der Waals surface area contributed by atoms with Gasteiger partial charge >= 0.3 is 6.09 Å². The van der Waals surface area contributed by atoms with E-state index >= 15 is 0 Å². The number of aryl methyl sites for hydroxylation is 1. The Balaban J connectivity index is 1.94. The maximum atomic E-state index is 13.8. The summed E-state index contributed by atoms with van der Waals surface area (Å²) < 4.78 is 5.73. The van der Waals surface area contributed by atoms with Crippen LogP contribution in [0.1, 0.15) is 50.6 Å². The van der Waals surface area contributed by atoms with Crippen molar-refractivity contribution in [2.75, 3.05) is 29.5 Å². The first kappa shape index (κ1) is 26.8. The number of fused-ring (bicyclic) bond motifs is 1. The minimum absolute atomic E-state index is 0.0793. The third-order valence-electron chi connectivity index (χ3n) is 6.56. The minimum atomic E-state index is -0.574. The standard InChI is InChI=1S/C31H36N4O3/c1-5-8-20-38-31(37)35(27-19-18-24(21-22(27)4)34(6-2)7-3)28(29(36)23-14-10-9-11-15-23)30-32-25-16-12-13-17-26(25)33-30/h9-19,21,36H,5-8,20H2,1-4H3,(H,32,33)/b29-28+. The summed E-state index contributed by atoms with van der Waals surface area (Å²) in [4.78, 5) is 25.5. The normalized spacial score (nSPS) is 11.8. The molecule has 0 aliphatic carbocycles. The van der Waals surface area contributed by atoms with Gasteiger partial charge in [-0.15, -0.1) is 0 Å². The zero-order valence-electron chi connectivity index (χ0n) is 22.6. The van der Waals surface area contributed by atoms with Crippen LogP contribution in [0.2, 0.25) is 0 Å². The van der Waals surface area contributed by atoms with Gasteiger partial charge in [-0.3, -0.25) is 0 Å². The van der Waals surface area contributed by atoms with Crippen LogP contribution in [-0.2, 0) is 4.74 Å². The lowest BCUT2D eigenvalue weighted by molar-refractivity contribution is 0.155. The van der Waals surface area contributed by atoms with E-state index in [-0.39, 0.29) is 18.1 Å². The summed E-state index contributed by atoms with van der Waals surface area (Å²) in [5.41, 5.74) is 4.87. The number of nitrogens with zero attached hydrogens (tertiary/aromatic N) is 3. The molecule has 0 aliphatic rings. The molecule has 0 atom stereocenters. The Kier molecular flexibility index (Phi) is 8.69. The van der Waals surface area contributed by atoms with Crippen LogP contribution in [0, 0.1) is 6.92 Å². The molecule has 0 saturated carbocycles. The predicted octanol–water partition coefficient (Wildman–Crippen LogP) is 7.54. The van der Waals surface area contributed by atoms with Crippen LogP contribution < -0.4 is 9.80 Å². The molecule has 1 heterocycles. The van der Waals surface area contributed by atoms with Crippen LogP contribution in [0.4, 0.5) is 16.2 Å². The number of benzene rings is 3. The van der Waals surface area contributed by atoms with Crippen molar-refractivity contribution in [2.45, 2.75) is 40.5 Å². The van der Waals surface area contributed by atoms with Gasteiger partial charge < -0.3 is 19.7 Å². The second kappa shape index (κ2) is 12.3. The Labute approximate surface area is 224 Å². The van der Waals surface area contributed by atoms with E-state index in [9.17, 15) is 9.90 Å². The number of unbranched alkanes of at least 4 members (excludes halogenated alkanes) is 1. The number of aliphatic hydroxyl groups excluding tert-OH is 1. The van der Waals surface area contributed by atoms with Crippen LogP contribution in [0.15, 0.2) is 72.8 Å². The van der Waals surface area contributed by atoms with Crippen molar-refractivity contribution in [3.63, 3.8) is 0 Å².